The average molecular weight is 256 g/mol. The maximum Gasteiger partial charge on any atom is 0.321 e. The third-order valence-corrected chi connectivity index (χ3v) is 3.08. The van der Waals surface area contributed by atoms with E-state index < -0.39 is 12.0 Å². The lowest BCUT2D eigenvalue weighted by Gasteiger charge is -2.09. The molecule has 1 unspecified atom stereocenters. The summed E-state index contributed by atoms with van der Waals surface area (Å²) in [6.07, 6.45) is 0. The zero-order chi connectivity index (χ0) is 12.0. The van der Waals surface area contributed by atoms with Crippen LogP contribution in [0.3, 0.4) is 0 Å². The number of benzene rings is 1. The van der Waals surface area contributed by atoms with E-state index in [0.717, 1.165) is 5.69 Å². The molecule has 0 aromatic heterocycles. The fourth-order valence-corrected chi connectivity index (χ4v) is 1.90. The highest BCUT2D eigenvalue weighted by molar-refractivity contribution is 8.23. The molecule has 16 heavy (non-hydrogen) atoms. The van der Waals surface area contributed by atoms with Gasteiger partial charge in [-0.2, -0.15) is 0 Å². The summed E-state index contributed by atoms with van der Waals surface area (Å²) in [5.41, 5.74) is 6.23. The van der Waals surface area contributed by atoms with Gasteiger partial charge in [-0.3, -0.25) is 4.79 Å². The van der Waals surface area contributed by atoms with Crippen molar-refractivity contribution in [1.82, 2.24) is 0 Å². The van der Waals surface area contributed by atoms with Crippen LogP contribution in [0.25, 0.3) is 0 Å². The molecule has 0 saturated carbocycles. The van der Waals surface area contributed by atoms with E-state index in [4.69, 9.17) is 23.1 Å². The number of thioether (sulfide) groups is 1. The zero-order valence-electron chi connectivity index (χ0n) is 8.42. The number of carbonyl (C=O) groups is 1. The number of anilines is 1. The Bertz CT molecular complexity index is 370. The maximum absolute atomic E-state index is 10.5. The standard InChI is InChI=1S/C10H12N2O2S2/c11-8(9(13)14)6-16-10(15)12-7-4-2-1-3-5-7/h1-5,8H,6,11H2,(H,12,15)(H,13,14). The van der Waals surface area contributed by atoms with Gasteiger partial charge < -0.3 is 16.2 Å². The molecule has 0 aliphatic carbocycles. The lowest BCUT2D eigenvalue weighted by atomic mass is 10.3. The maximum atomic E-state index is 10.5. The van der Waals surface area contributed by atoms with Crippen molar-refractivity contribution >= 4 is 40.0 Å². The van der Waals surface area contributed by atoms with Crippen LogP contribution in [0.15, 0.2) is 30.3 Å². The first-order chi connectivity index (χ1) is 7.59. The molecule has 0 saturated heterocycles. The van der Waals surface area contributed by atoms with Crippen LogP contribution in [0, 0.1) is 0 Å². The predicted molar refractivity (Wildman–Crippen MR) is 70.7 cm³/mol. The van der Waals surface area contributed by atoms with Crippen molar-refractivity contribution < 1.29 is 9.90 Å². The molecule has 0 amide bonds. The molecule has 0 radical (unpaired) electrons. The van der Waals surface area contributed by atoms with E-state index in [-0.39, 0.29) is 5.75 Å². The van der Waals surface area contributed by atoms with Crippen molar-refractivity contribution in [1.29, 1.82) is 0 Å². The van der Waals surface area contributed by atoms with Gasteiger partial charge in [0.15, 0.2) is 0 Å². The van der Waals surface area contributed by atoms with Crippen LogP contribution in [0.2, 0.25) is 0 Å². The summed E-state index contributed by atoms with van der Waals surface area (Å²) in [6, 6.07) is 8.55. The van der Waals surface area contributed by atoms with Gasteiger partial charge in [0.2, 0.25) is 0 Å². The van der Waals surface area contributed by atoms with Gasteiger partial charge in [0.05, 0.1) is 0 Å². The molecular weight excluding hydrogens is 244 g/mol. The second-order valence-electron chi connectivity index (χ2n) is 3.03. The molecule has 1 atom stereocenters. The van der Waals surface area contributed by atoms with Gasteiger partial charge in [-0.05, 0) is 12.1 Å². The molecule has 0 bridgehead atoms. The van der Waals surface area contributed by atoms with Gasteiger partial charge >= 0.3 is 5.97 Å². The van der Waals surface area contributed by atoms with Gasteiger partial charge in [0.1, 0.15) is 10.4 Å². The van der Waals surface area contributed by atoms with Crippen LogP contribution >= 0.6 is 24.0 Å². The summed E-state index contributed by atoms with van der Waals surface area (Å²) in [4.78, 5) is 10.5. The van der Waals surface area contributed by atoms with Crippen LogP contribution < -0.4 is 11.1 Å². The Morgan fingerprint density at radius 1 is 1.50 bits per heavy atom. The van der Waals surface area contributed by atoms with Crippen LogP contribution in [-0.2, 0) is 4.79 Å². The van der Waals surface area contributed by atoms with Crippen molar-refractivity contribution in [2.45, 2.75) is 6.04 Å². The Labute approximate surface area is 103 Å². The van der Waals surface area contributed by atoms with E-state index in [9.17, 15) is 4.79 Å². The second-order valence-corrected chi connectivity index (χ2v) is 4.73. The van der Waals surface area contributed by atoms with E-state index in [1.54, 1.807) is 0 Å². The molecule has 4 nitrogen and oxygen atoms in total. The first-order valence-corrected chi connectivity index (χ1v) is 5.96. The minimum atomic E-state index is -1.02. The van der Waals surface area contributed by atoms with Crippen molar-refractivity contribution in [3.05, 3.63) is 30.3 Å². The molecule has 1 rings (SSSR count). The third-order valence-electron chi connectivity index (χ3n) is 1.73. The number of hydrogen-bond acceptors (Lipinski definition) is 4. The van der Waals surface area contributed by atoms with E-state index in [0.29, 0.717) is 4.32 Å². The zero-order valence-corrected chi connectivity index (χ0v) is 10.1. The summed E-state index contributed by atoms with van der Waals surface area (Å²) in [5.74, 6) is -0.761. The molecule has 0 aliphatic heterocycles. The predicted octanol–water partition coefficient (Wildman–Crippen LogP) is 1.53. The van der Waals surface area contributed by atoms with Crippen molar-refractivity contribution in [3.8, 4) is 0 Å². The summed E-state index contributed by atoms with van der Waals surface area (Å²) in [7, 11) is 0. The molecule has 6 heteroatoms. The molecule has 0 fully saturated rings. The summed E-state index contributed by atoms with van der Waals surface area (Å²) in [5, 5.41) is 11.6. The first-order valence-electron chi connectivity index (χ1n) is 4.57. The highest BCUT2D eigenvalue weighted by atomic mass is 32.2. The quantitative estimate of drug-likeness (QED) is 0.709. The highest BCUT2D eigenvalue weighted by Gasteiger charge is 2.12. The SMILES string of the molecule is NC(CSC(=S)Nc1ccccc1)C(=O)O. The van der Waals surface area contributed by atoms with E-state index in [1.807, 2.05) is 30.3 Å². The van der Waals surface area contributed by atoms with Crippen LogP contribution in [0.1, 0.15) is 0 Å². The fourth-order valence-electron chi connectivity index (χ4n) is 0.912. The molecule has 1 aromatic rings. The van der Waals surface area contributed by atoms with Gasteiger partial charge in [-0.25, -0.2) is 0 Å². The summed E-state index contributed by atoms with van der Waals surface area (Å²) < 4.78 is 0.517. The Morgan fingerprint density at radius 3 is 2.69 bits per heavy atom. The summed E-state index contributed by atoms with van der Waals surface area (Å²) in [6.45, 7) is 0. The van der Waals surface area contributed by atoms with E-state index in [1.165, 1.54) is 11.8 Å². The largest absolute Gasteiger partial charge is 0.480 e. The normalized spacial score (nSPS) is 11.8. The van der Waals surface area contributed by atoms with Crippen LogP contribution in [0.5, 0.6) is 0 Å². The average Bonchev–Trinajstić information content (AvgIpc) is 2.27. The number of carboxylic acid groups (broad SMARTS) is 1. The topological polar surface area (TPSA) is 75.3 Å². The number of thiocarbonyl (C=S) groups is 1. The molecule has 0 spiro atoms. The van der Waals surface area contributed by atoms with Gasteiger partial charge in [-0.1, -0.05) is 42.2 Å². The molecular formula is C10H12N2O2S2. The van der Waals surface area contributed by atoms with Gasteiger partial charge in [0, 0.05) is 11.4 Å². The molecule has 0 heterocycles. The third kappa shape index (κ3) is 4.61. The molecule has 1 aromatic carbocycles. The van der Waals surface area contributed by atoms with Crippen LogP contribution in [-0.4, -0.2) is 27.2 Å². The number of nitrogens with two attached hydrogens (primary N) is 1. The molecule has 4 N–H and O–H groups in total. The number of carboxylic acids is 1. The van der Waals surface area contributed by atoms with Gasteiger partial charge in [0.25, 0.3) is 0 Å². The first kappa shape index (κ1) is 13.0. The Morgan fingerprint density at radius 2 is 2.12 bits per heavy atom. The van der Waals surface area contributed by atoms with Gasteiger partial charge in [-0.15, -0.1) is 0 Å². The Hall–Kier alpha value is -1.11. The smallest absolute Gasteiger partial charge is 0.321 e. The monoisotopic (exact) mass is 256 g/mol. The number of nitrogens with one attached hydrogen (secondary N) is 1. The van der Waals surface area contributed by atoms with Crippen molar-refractivity contribution in [2.75, 3.05) is 11.1 Å². The number of hydrogen-bond donors (Lipinski definition) is 3. The minimum absolute atomic E-state index is 0.258. The summed E-state index contributed by atoms with van der Waals surface area (Å²) >= 11 is 6.27. The fraction of sp³-hybridized carbons (Fsp3) is 0.200. The van der Waals surface area contributed by atoms with E-state index in [2.05, 4.69) is 5.32 Å². The van der Waals surface area contributed by atoms with E-state index >= 15 is 0 Å². The Balaban J connectivity index is 2.35. The second kappa shape index (κ2) is 6.47. The Kier molecular flexibility index (Phi) is 5.24. The highest BCUT2D eigenvalue weighted by Crippen LogP contribution is 2.11. The molecule has 86 valence electrons. The lowest BCUT2D eigenvalue weighted by Crippen LogP contribution is -2.33. The lowest BCUT2D eigenvalue weighted by molar-refractivity contribution is -0.137. The van der Waals surface area contributed by atoms with Crippen LogP contribution in [0.4, 0.5) is 5.69 Å². The molecule has 0 aliphatic rings. The number of rotatable bonds is 4. The van der Waals surface area contributed by atoms with Crippen molar-refractivity contribution in [2.24, 2.45) is 5.73 Å². The minimum Gasteiger partial charge on any atom is -0.480 e. The van der Waals surface area contributed by atoms with Crippen molar-refractivity contribution in [3.63, 3.8) is 0 Å². The number of para-hydroxylation sites is 1. The number of aliphatic carboxylic acids is 1.